The van der Waals surface area contributed by atoms with Crippen LogP contribution in [0, 0.1) is 11.7 Å². The summed E-state index contributed by atoms with van der Waals surface area (Å²) >= 11 is 0. The number of rotatable bonds is 2. The SMILES string of the molecule is CC1(C)CC(CO)CN1c1ccccc1F. The second-order valence-corrected chi connectivity index (χ2v) is 5.13. The van der Waals surface area contributed by atoms with E-state index in [2.05, 4.69) is 18.7 Å². The monoisotopic (exact) mass is 223 g/mol. The van der Waals surface area contributed by atoms with E-state index >= 15 is 0 Å². The van der Waals surface area contributed by atoms with Crippen molar-refractivity contribution in [3.05, 3.63) is 30.1 Å². The molecule has 1 aliphatic rings. The number of anilines is 1. The van der Waals surface area contributed by atoms with Gasteiger partial charge in [0.05, 0.1) is 5.69 Å². The van der Waals surface area contributed by atoms with Gasteiger partial charge in [-0.1, -0.05) is 12.1 Å². The molecule has 1 heterocycles. The van der Waals surface area contributed by atoms with E-state index in [1.54, 1.807) is 12.1 Å². The van der Waals surface area contributed by atoms with E-state index in [9.17, 15) is 9.50 Å². The molecule has 1 N–H and O–H groups in total. The van der Waals surface area contributed by atoms with Gasteiger partial charge >= 0.3 is 0 Å². The number of halogens is 1. The number of nitrogens with zero attached hydrogens (tertiary/aromatic N) is 1. The van der Waals surface area contributed by atoms with E-state index in [0.29, 0.717) is 5.69 Å². The fraction of sp³-hybridized carbons (Fsp3) is 0.538. The Morgan fingerprint density at radius 2 is 2.12 bits per heavy atom. The Kier molecular flexibility index (Phi) is 2.89. The van der Waals surface area contributed by atoms with E-state index in [-0.39, 0.29) is 23.9 Å². The lowest BCUT2D eigenvalue weighted by Gasteiger charge is -2.33. The van der Waals surface area contributed by atoms with Crippen LogP contribution in [0.3, 0.4) is 0 Å². The van der Waals surface area contributed by atoms with Crippen LogP contribution in [0.1, 0.15) is 20.3 Å². The highest BCUT2D eigenvalue weighted by molar-refractivity contribution is 5.51. The molecule has 88 valence electrons. The molecule has 1 aromatic rings. The molecule has 0 aliphatic carbocycles. The van der Waals surface area contributed by atoms with Gasteiger partial charge in [0.15, 0.2) is 0 Å². The molecule has 1 unspecified atom stereocenters. The fourth-order valence-electron chi connectivity index (χ4n) is 2.60. The molecule has 0 bridgehead atoms. The van der Waals surface area contributed by atoms with Crippen molar-refractivity contribution in [1.29, 1.82) is 0 Å². The van der Waals surface area contributed by atoms with Gasteiger partial charge in [-0.2, -0.15) is 0 Å². The first kappa shape index (κ1) is 11.4. The summed E-state index contributed by atoms with van der Waals surface area (Å²) in [5.74, 6) is 0.0590. The van der Waals surface area contributed by atoms with Crippen LogP contribution < -0.4 is 4.90 Å². The molecule has 16 heavy (non-hydrogen) atoms. The number of benzene rings is 1. The minimum atomic E-state index is -0.186. The Morgan fingerprint density at radius 1 is 1.44 bits per heavy atom. The Morgan fingerprint density at radius 3 is 2.69 bits per heavy atom. The number of aliphatic hydroxyl groups excluding tert-OH is 1. The highest BCUT2D eigenvalue weighted by atomic mass is 19.1. The van der Waals surface area contributed by atoms with Crippen molar-refractivity contribution in [2.45, 2.75) is 25.8 Å². The summed E-state index contributed by atoms with van der Waals surface area (Å²) in [5, 5.41) is 9.21. The minimum absolute atomic E-state index is 0.0877. The summed E-state index contributed by atoms with van der Waals surface area (Å²) in [4.78, 5) is 2.06. The van der Waals surface area contributed by atoms with Crippen molar-refractivity contribution in [2.75, 3.05) is 18.1 Å². The van der Waals surface area contributed by atoms with Gasteiger partial charge in [-0.3, -0.25) is 0 Å². The number of hydrogen-bond acceptors (Lipinski definition) is 2. The quantitative estimate of drug-likeness (QED) is 0.832. The van der Waals surface area contributed by atoms with E-state index in [1.165, 1.54) is 6.07 Å². The highest BCUT2D eigenvalue weighted by Gasteiger charge is 2.38. The molecule has 1 aromatic carbocycles. The summed E-state index contributed by atoms with van der Waals surface area (Å²) in [5.41, 5.74) is 0.554. The lowest BCUT2D eigenvalue weighted by Crippen LogP contribution is -2.38. The maximum atomic E-state index is 13.7. The topological polar surface area (TPSA) is 23.5 Å². The van der Waals surface area contributed by atoms with E-state index in [0.717, 1.165) is 13.0 Å². The highest BCUT2D eigenvalue weighted by Crippen LogP contribution is 2.37. The lowest BCUT2D eigenvalue weighted by atomic mass is 9.97. The zero-order valence-corrected chi connectivity index (χ0v) is 9.78. The summed E-state index contributed by atoms with van der Waals surface area (Å²) in [6, 6.07) is 6.83. The second kappa shape index (κ2) is 4.06. The van der Waals surface area contributed by atoms with Crippen molar-refractivity contribution in [2.24, 2.45) is 5.92 Å². The van der Waals surface area contributed by atoms with E-state index in [4.69, 9.17) is 0 Å². The molecule has 0 amide bonds. The number of aliphatic hydroxyl groups is 1. The zero-order valence-electron chi connectivity index (χ0n) is 9.78. The molecule has 0 saturated carbocycles. The van der Waals surface area contributed by atoms with Gasteiger partial charge in [0, 0.05) is 24.6 Å². The molecule has 1 fully saturated rings. The Labute approximate surface area is 95.7 Å². The molecule has 0 aromatic heterocycles. The van der Waals surface area contributed by atoms with Gasteiger partial charge in [0.25, 0.3) is 0 Å². The average Bonchev–Trinajstić information content (AvgIpc) is 2.54. The van der Waals surface area contributed by atoms with Crippen LogP contribution in [0.25, 0.3) is 0 Å². The smallest absolute Gasteiger partial charge is 0.146 e. The van der Waals surface area contributed by atoms with Crippen molar-refractivity contribution in [3.8, 4) is 0 Å². The molecular weight excluding hydrogens is 205 g/mol. The van der Waals surface area contributed by atoms with Crippen LogP contribution in [-0.2, 0) is 0 Å². The second-order valence-electron chi connectivity index (χ2n) is 5.13. The number of para-hydroxylation sites is 1. The first-order chi connectivity index (χ1) is 7.54. The third-order valence-corrected chi connectivity index (χ3v) is 3.36. The standard InChI is InChI=1S/C13H18FNO/c1-13(2)7-10(9-16)8-15(13)12-6-4-3-5-11(12)14/h3-6,10,16H,7-9H2,1-2H3. The molecule has 2 rings (SSSR count). The third-order valence-electron chi connectivity index (χ3n) is 3.36. The van der Waals surface area contributed by atoms with Crippen LogP contribution in [0.2, 0.25) is 0 Å². The molecule has 3 heteroatoms. The molecule has 2 nitrogen and oxygen atoms in total. The van der Waals surface area contributed by atoms with Crippen molar-refractivity contribution in [3.63, 3.8) is 0 Å². The van der Waals surface area contributed by atoms with Crippen LogP contribution in [-0.4, -0.2) is 23.8 Å². The zero-order chi connectivity index (χ0) is 11.8. The van der Waals surface area contributed by atoms with Crippen LogP contribution >= 0.6 is 0 Å². The fourth-order valence-corrected chi connectivity index (χ4v) is 2.60. The van der Waals surface area contributed by atoms with Gasteiger partial charge in [0.1, 0.15) is 5.82 Å². The van der Waals surface area contributed by atoms with Crippen molar-refractivity contribution >= 4 is 5.69 Å². The summed E-state index contributed by atoms with van der Waals surface area (Å²) in [6.07, 6.45) is 0.901. The van der Waals surface area contributed by atoms with E-state index < -0.39 is 0 Å². The molecule has 0 radical (unpaired) electrons. The van der Waals surface area contributed by atoms with Gasteiger partial charge in [-0.25, -0.2) is 4.39 Å². The maximum absolute atomic E-state index is 13.7. The lowest BCUT2D eigenvalue weighted by molar-refractivity contribution is 0.232. The largest absolute Gasteiger partial charge is 0.396 e. The predicted octanol–water partition coefficient (Wildman–Crippen LogP) is 2.42. The maximum Gasteiger partial charge on any atom is 0.146 e. The van der Waals surface area contributed by atoms with Gasteiger partial charge < -0.3 is 10.0 Å². The van der Waals surface area contributed by atoms with Crippen LogP contribution in [0.15, 0.2) is 24.3 Å². The third kappa shape index (κ3) is 1.92. The van der Waals surface area contributed by atoms with Gasteiger partial charge in [0.2, 0.25) is 0 Å². The first-order valence-electron chi connectivity index (χ1n) is 5.67. The number of hydrogen-bond donors (Lipinski definition) is 1. The molecule has 1 atom stereocenters. The summed E-state index contributed by atoms with van der Waals surface area (Å²) < 4.78 is 13.7. The predicted molar refractivity (Wildman–Crippen MR) is 63.0 cm³/mol. The summed E-state index contributed by atoms with van der Waals surface area (Å²) in [6.45, 7) is 5.09. The molecule has 0 spiro atoms. The van der Waals surface area contributed by atoms with Gasteiger partial charge in [-0.15, -0.1) is 0 Å². The Bertz CT molecular complexity index is 378. The van der Waals surface area contributed by atoms with Crippen molar-refractivity contribution < 1.29 is 9.50 Å². The van der Waals surface area contributed by atoms with Crippen molar-refractivity contribution in [1.82, 2.24) is 0 Å². The van der Waals surface area contributed by atoms with Crippen LogP contribution in [0.4, 0.5) is 10.1 Å². The first-order valence-corrected chi connectivity index (χ1v) is 5.67. The van der Waals surface area contributed by atoms with E-state index in [1.807, 2.05) is 6.07 Å². The normalized spacial score (nSPS) is 23.8. The van der Waals surface area contributed by atoms with Crippen LogP contribution in [0.5, 0.6) is 0 Å². The molecule has 1 saturated heterocycles. The molecule has 1 aliphatic heterocycles. The Balaban J connectivity index is 2.31. The average molecular weight is 223 g/mol. The van der Waals surface area contributed by atoms with Gasteiger partial charge in [-0.05, 0) is 32.4 Å². The molecular formula is C13H18FNO. The summed E-state index contributed by atoms with van der Waals surface area (Å²) in [7, 11) is 0. The Hall–Kier alpha value is -1.09. The minimum Gasteiger partial charge on any atom is -0.396 e.